The summed E-state index contributed by atoms with van der Waals surface area (Å²) >= 11 is 13.8. The van der Waals surface area contributed by atoms with Crippen LogP contribution in [0.4, 0.5) is 0 Å². The van der Waals surface area contributed by atoms with Crippen molar-refractivity contribution in [3.63, 3.8) is 0 Å². The molecule has 6 nitrogen and oxygen atoms in total. The molecule has 1 fully saturated rings. The molecule has 0 aliphatic carbocycles. The minimum atomic E-state index is -3.56. The van der Waals surface area contributed by atoms with Gasteiger partial charge < -0.3 is 4.57 Å². The van der Waals surface area contributed by atoms with E-state index in [2.05, 4.69) is 4.99 Å². The average Bonchev–Trinajstić information content (AvgIpc) is 3.07. The molecule has 1 aliphatic heterocycles. The monoisotopic (exact) mass is 497 g/mol. The van der Waals surface area contributed by atoms with E-state index in [1.807, 2.05) is 13.0 Å². The van der Waals surface area contributed by atoms with Gasteiger partial charge in [-0.3, -0.25) is 4.79 Å². The summed E-state index contributed by atoms with van der Waals surface area (Å²) in [6, 6.07) is 10.4. The van der Waals surface area contributed by atoms with E-state index < -0.39 is 10.0 Å². The lowest BCUT2D eigenvalue weighted by Crippen LogP contribution is -2.40. The number of amides is 1. The van der Waals surface area contributed by atoms with Crippen LogP contribution >= 0.6 is 34.5 Å². The van der Waals surface area contributed by atoms with E-state index in [9.17, 15) is 13.2 Å². The van der Waals surface area contributed by atoms with Crippen molar-refractivity contribution in [2.24, 2.45) is 18.0 Å². The Morgan fingerprint density at radius 2 is 1.74 bits per heavy atom. The molecule has 0 unspecified atom stereocenters. The van der Waals surface area contributed by atoms with Crippen LogP contribution in [0.15, 0.2) is 46.3 Å². The lowest BCUT2D eigenvalue weighted by Gasteiger charge is -2.29. The van der Waals surface area contributed by atoms with Gasteiger partial charge in [0.25, 0.3) is 5.91 Å². The first-order chi connectivity index (χ1) is 14.7. The highest BCUT2D eigenvalue weighted by Gasteiger charge is 2.32. The number of piperidine rings is 1. The lowest BCUT2D eigenvalue weighted by atomic mass is 9.98. The van der Waals surface area contributed by atoms with Crippen LogP contribution in [0, 0.1) is 12.8 Å². The molecule has 31 heavy (non-hydrogen) atoms. The number of carbonyl (C=O) groups excluding carboxylic acids is 1. The molecule has 1 aliphatic rings. The molecule has 0 radical (unpaired) electrons. The first-order valence-corrected chi connectivity index (χ1v) is 12.8. The number of benzene rings is 2. The molecule has 3 aromatic rings. The largest absolute Gasteiger partial charge is 0.318 e. The van der Waals surface area contributed by atoms with Gasteiger partial charge >= 0.3 is 0 Å². The number of nitrogens with zero attached hydrogens (tertiary/aromatic N) is 3. The van der Waals surface area contributed by atoms with Crippen molar-refractivity contribution in [2.45, 2.75) is 24.7 Å². The lowest BCUT2D eigenvalue weighted by molar-refractivity contribution is -0.122. The number of carbonyl (C=O) groups is 1. The number of sulfonamides is 1. The Morgan fingerprint density at radius 3 is 2.39 bits per heavy atom. The summed E-state index contributed by atoms with van der Waals surface area (Å²) < 4.78 is 29.8. The van der Waals surface area contributed by atoms with Crippen LogP contribution in [0.25, 0.3) is 10.2 Å². The van der Waals surface area contributed by atoms with Crippen LogP contribution in [0.2, 0.25) is 10.0 Å². The molecule has 2 heterocycles. The first kappa shape index (κ1) is 22.5. The van der Waals surface area contributed by atoms with E-state index in [1.165, 1.54) is 15.6 Å². The van der Waals surface area contributed by atoms with Crippen molar-refractivity contribution < 1.29 is 13.2 Å². The summed E-state index contributed by atoms with van der Waals surface area (Å²) in [5.41, 5.74) is 1.74. The maximum atomic E-state index is 12.9. The normalized spacial score (nSPS) is 16.8. The van der Waals surface area contributed by atoms with Crippen LogP contribution < -0.4 is 4.80 Å². The van der Waals surface area contributed by atoms with E-state index in [1.54, 1.807) is 41.9 Å². The highest BCUT2D eigenvalue weighted by molar-refractivity contribution is 7.89. The van der Waals surface area contributed by atoms with E-state index in [0.29, 0.717) is 40.8 Å². The van der Waals surface area contributed by atoms with Gasteiger partial charge in [0.15, 0.2) is 4.80 Å². The van der Waals surface area contributed by atoms with Crippen molar-refractivity contribution >= 4 is 60.7 Å². The molecule has 0 atom stereocenters. The molecular weight excluding hydrogens is 477 g/mol. The van der Waals surface area contributed by atoms with Gasteiger partial charge in [-0.1, -0.05) is 52.2 Å². The Balaban J connectivity index is 1.51. The van der Waals surface area contributed by atoms with Crippen molar-refractivity contribution in [1.82, 2.24) is 8.87 Å². The van der Waals surface area contributed by atoms with Crippen LogP contribution in [0.5, 0.6) is 0 Å². The van der Waals surface area contributed by atoms with Crippen molar-refractivity contribution in [3.8, 4) is 0 Å². The minimum Gasteiger partial charge on any atom is -0.318 e. The van der Waals surface area contributed by atoms with Crippen LogP contribution in [0.3, 0.4) is 0 Å². The molecule has 0 spiro atoms. The van der Waals surface area contributed by atoms with Gasteiger partial charge in [-0.05, 0) is 44.0 Å². The van der Waals surface area contributed by atoms with Crippen LogP contribution in [-0.2, 0) is 21.9 Å². The SMILES string of the molecule is Cc1ccc(S(=O)(=O)N2CCC(C(=O)N=c3sc4ccc(Cl)c(Cl)c4n3C)CC2)cc1. The number of fused-ring (bicyclic) bond motifs is 1. The second-order valence-electron chi connectivity index (χ2n) is 7.59. The van der Waals surface area contributed by atoms with Gasteiger partial charge in [-0.2, -0.15) is 9.30 Å². The van der Waals surface area contributed by atoms with E-state index >= 15 is 0 Å². The molecule has 0 saturated carbocycles. The van der Waals surface area contributed by atoms with Crippen molar-refractivity contribution in [1.29, 1.82) is 0 Å². The highest BCUT2D eigenvalue weighted by Crippen LogP contribution is 2.31. The number of rotatable bonds is 3. The maximum Gasteiger partial charge on any atom is 0.251 e. The molecule has 1 saturated heterocycles. The third-order valence-electron chi connectivity index (χ3n) is 5.52. The molecule has 10 heteroatoms. The predicted octanol–water partition coefficient (Wildman–Crippen LogP) is 4.38. The fourth-order valence-corrected chi connectivity index (χ4v) is 6.67. The molecular formula is C21H21Cl2N3O3S2. The van der Waals surface area contributed by atoms with E-state index in [-0.39, 0.29) is 16.7 Å². The topological polar surface area (TPSA) is 71.7 Å². The number of aromatic nitrogens is 1. The number of aryl methyl sites for hydroxylation is 2. The summed E-state index contributed by atoms with van der Waals surface area (Å²) in [5.74, 6) is -0.550. The van der Waals surface area contributed by atoms with Gasteiger partial charge in [-0.25, -0.2) is 8.42 Å². The third-order valence-corrected chi connectivity index (χ3v) is 9.33. The molecule has 2 aromatic carbocycles. The van der Waals surface area contributed by atoms with Crippen molar-refractivity contribution in [2.75, 3.05) is 13.1 Å². The van der Waals surface area contributed by atoms with Gasteiger partial charge in [0, 0.05) is 26.1 Å². The number of thiazole rings is 1. The summed E-state index contributed by atoms with van der Waals surface area (Å²) in [5, 5.41) is 0.879. The Morgan fingerprint density at radius 1 is 1.10 bits per heavy atom. The molecule has 164 valence electrons. The fraction of sp³-hybridized carbons (Fsp3) is 0.333. The Labute approximate surface area is 194 Å². The molecule has 4 rings (SSSR count). The minimum absolute atomic E-state index is 0.239. The van der Waals surface area contributed by atoms with Gasteiger partial charge in [0.05, 0.1) is 25.2 Å². The molecule has 0 bridgehead atoms. The Hall–Kier alpha value is -1.71. The Bertz CT molecular complexity index is 1320. The molecule has 1 amide bonds. The standard InChI is InChI=1S/C21H21Cl2N3O3S2/c1-13-3-5-15(6-4-13)31(28,29)26-11-9-14(10-12-26)20(27)24-21-25(2)19-17(30-21)8-7-16(22)18(19)23/h3-8,14H,9-12H2,1-2H3. The third kappa shape index (κ3) is 4.32. The second-order valence-corrected chi connectivity index (χ2v) is 11.3. The number of hydrogen-bond donors (Lipinski definition) is 0. The quantitative estimate of drug-likeness (QED) is 0.538. The van der Waals surface area contributed by atoms with Crippen LogP contribution in [0.1, 0.15) is 18.4 Å². The zero-order valence-corrected chi connectivity index (χ0v) is 20.2. The zero-order valence-electron chi connectivity index (χ0n) is 17.0. The fourth-order valence-electron chi connectivity index (χ4n) is 3.67. The highest BCUT2D eigenvalue weighted by atomic mass is 35.5. The summed E-state index contributed by atoms with van der Waals surface area (Å²) in [4.78, 5) is 17.9. The first-order valence-electron chi connectivity index (χ1n) is 9.77. The van der Waals surface area contributed by atoms with E-state index in [0.717, 1.165) is 15.8 Å². The summed E-state index contributed by atoms with van der Waals surface area (Å²) in [6.45, 7) is 2.50. The average molecular weight is 498 g/mol. The summed E-state index contributed by atoms with van der Waals surface area (Å²) in [6.07, 6.45) is 0.878. The Kier molecular flexibility index (Phi) is 6.29. The van der Waals surface area contributed by atoms with Gasteiger partial charge in [0.2, 0.25) is 10.0 Å². The number of hydrogen-bond acceptors (Lipinski definition) is 4. The van der Waals surface area contributed by atoms with Gasteiger partial charge in [0.1, 0.15) is 0 Å². The van der Waals surface area contributed by atoms with E-state index in [4.69, 9.17) is 23.2 Å². The predicted molar refractivity (Wildman–Crippen MR) is 124 cm³/mol. The zero-order chi connectivity index (χ0) is 22.3. The smallest absolute Gasteiger partial charge is 0.251 e. The van der Waals surface area contributed by atoms with Crippen molar-refractivity contribution in [3.05, 3.63) is 56.8 Å². The van der Waals surface area contributed by atoms with Crippen LogP contribution in [-0.4, -0.2) is 36.3 Å². The molecule has 1 aromatic heterocycles. The van der Waals surface area contributed by atoms with Gasteiger partial charge in [-0.15, -0.1) is 0 Å². The second kappa shape index (κ2) is 8.67. The molecule has 0 N–H and O–H groups in total. The maximum absolute atomic E-state index is 12.9. The number of halogens is 2. The summed E-state index contributed by atoms with van der Waals surface area (Å²) in [7, 11) is -1.76.